The first kappa shape index (κ1) is 22.1. The summed E-state index contributed by atoms with van der Waals surface area (Å²) in [7, 11) is 1.79. The minimum absolute atomic E-state index is 0.370. The highest BCUT2D eigenvalue weighted by Gasteiger charge is 2.16. The largest absolute Gasteiger partial charge is 0.378 e. The molecule has 0 spiro atoms. The summed E-state index contributed by atoms with van der Waals surface area (Å²) in [6.45, 7) is 8.20. The summed E-state index contributed by atoms with van der Waals surface area (Å²) in [5.74, 6) is 2.17. The molecule has 1 saturated heterocycles. The molecule has 30 heavy (non-hydrogen) atoms. The molecule has 1 atom stereocenters. The monoisotopic (exact) mass is 411 g/mol. The minimum atomic E-state index is 0.370. The van der Waals surface area contributed by atoms with Gasteiger partial charge in [0.15, 0.2) is 5.96 Å². The fourth-order valence-corrected chi connectivity index (χ4v) is 3.31. The summed E-state index contributed by atoms with van der Waals surface area (Å²) in [5, 5.41) is 6.79. The van der Waals surface area contributed by atoms with Gasteiger partial charge in [-0.1, -0.05) is 43.3 Å². The first-order valence-corrected chi connectivity index (χ1v) is 10.6. The topological polar surface area (TPSA) is 71.0 Å². The molecular weight excluding hydrogens is 378 g/mol. The molecule has 0 saturated carbocycles. The second kappa shape index (κ2) is 12.1. The van der Waals surface area contributed by atoms with Crippen molar-refractivity contribution in [3.05, 3.63) is 59.8 Å². The van der Waals surface area contributed by atoms with Gasteiger partial charge in [0.2, 0.25) is 0 Å². The van der Waals surface area contributed by atoms with Crippen LogP contribution in [0.2, 0.25) is 0 Å². The van der Waals surface area contributed by atoms with E-state index in [4.69, 9.17) is 9.47 Å². The number of ether oxygens (including phenoxy) is 2. The second-order valence-electron chi connectivity index (χ2n) is 7.50. The standard InChI is InChI=1S/C23H33N5O2/c1-19(17-30-18-20-7-4-3-5-8-20)15-26-23(24-2)27-16-21-9-6-10-25-22(21)28-11-13-29-14-12-28/h3-10,19H,11-18H2,1-2H3,(H2,24,26,27). The van der Waals surface area contributed by atoms with Crippen LogP contribution in [0.25, 0.3) is 0 Å². The highest BCUT2D eigenvalue weighted by molar-refractivity contribution is 5.79. The van der Waals surface area contributed by atoms with E-state index in [1.54, 1.807) is 7.05 Å². The van der Waals surface area contributed by atoms with Crippen LogP contribution < -0.4 is 15.5 Å². The maximum absolute atomic E-state index is 5.84. The molecular formula is C23H33N5O2. The van der Waals surface area contributed by atoms with Gasteiger partial charge < -0.3 is 25.0 Å². The number of aliphatic imine (C=N–C) groups is 1. The van der Waals surface area contributed by atoms with Crippen molar-refractivity contribution in [1.82, 2.24) is 15.6 Å². The van der Waals surface area contributed by atoms with E-state index in [0.29, 0.717) is 25.7 Å². The quantitative estimate of drug-likeness (QED) is 0.488. The van der Waals surface area contributed by atoms with E-state index >= 15 is 0 Å². The van der Waals surface area contributed by atoms with Gasteiger partial charge in [-0.3, -0.25) is 4.99 Å². The molecule has 1 aromatic heterocycles. The Morgan fingerprint density at radius 3 is 2.73 bits per heavy atom. The Bertz CT molecular complexity index is 778. The third-order valence-corrected chi connectivity index (χ3v) is 4.98. The molecule has 0 bridgehead atoms. The highest BCUT2D eigenvalue weighted by atomic mass is 16.5. The van der Waals surface area contributed by atoms with Crippen molar-refractivity contribution in [2.24, 2.45) is 10.9 Å². The number of guanidine groups is 1. The number of nitrogens with one attached hydrogen (secondary N) is 2. The summed E-state index contributed by atoms with van der Waals surface area (Å²) in [6, 6.07) is 14.3. The summed E-state index contributed by atoms with van der Waals surface area (Å²) in [6.07, 6.45) is 1.85. The molecule has 1 unspecified atom stereocenters. The maximum Gasteiger partial charge on any atom is 0.191 e. The molecule has 7 nitrogen and oxygen atoms in total. The predicted molar refractivity (Wildman–Crippen MR) is 121 cm³/mol. The Balaban J connectivity index is 1.41. The Morgan fingerprint density at radius 2 is 1.97 bits per heavy atom. The Labute approximate surface area is 179 Å². The van der Waals surface area contributed by atoms with Crippen molar-refractivity contribution < 1.29 is 9.47 Å². The van der Waals surface area contributed by atoms with Crippen molar-refractivity contribution in [3.8, 4) is 0 Å². The average molecular weight is 412 g/mol. The fraction of sp³-hybridized carbons (Fsp3) is 0.478. The van der Waals surface area contributed by atoms with Gasteiger partial charge in [0.05, 0.1) is 26.4 Å². The molecule has 3 rings (SSSR count). The van der Waals surface area contributed by atoms with E-state index in [1.165, 1.54) is 5.56 Å². The van der Waals surface area contributed by atoms with Crippen molar-refractivity contribution in [2.75, 3.05) is 51.4 Å². The predicted octanol–water partition coefficient (Wildman–Crippen LogP) is 2.44. The number of aromatic nitrogens is 1. The summed E-state index contributed by atoms with van der Waals surface area (Å²) in [5.41, 5.74) is 2.35. The number of pyridine rings is 1. The maximum atomic E-state index is 5.84. The lowest BCUT2D eigenvalue weighted by Crippen LogP contribution is -2.41. The summed E-state index contributed by atoms with van der Waals surface area (Å²) < 4.78 is 11.3. The Kier molecular flexibility index (Phi) is 8.93. The van der Waals surface area contributed by atoms with Gasteiger partial charge >= 0.3 is 0 Å². The first-order chi connectivity index (χ1) is 14.8. The van der Waals surface area contributed by atoms with E-state index in [-0.39, 0.29) is 0 Å². The van der Waals surface area contributed by atoms with Gasteiger partial charge in [0.1, 0.15) is 5.82 Å². The molecule has 0 amide bonds. The Hall–Kier alpha value is -2.64. The number of nitrogens with zero attached hydrogens (tertiary/aromatic N) is 3. The number of hydrogen-bond acceptors (Lipinski definition) is 5. The second-order valence-corrected chi connectivity index (χ2v) is 7.50. The van der Waals surface area contributed by atoms with E-state index in [0.717, 1.165) is 50.2 Å². The van der Waals surface area contributed by atoms with Crippen molar-refractivity contribution in [2.45, 2.75) is 20.1 Å². The van der Waals surface area contributed by atoms with Crippen LogP contribution in [0.4, 0.5) is 5.82 Å². The van der Waals surface area contributed by atoms with Crippen LogP contribution >= 0.6 is 0 Å². The number of morpholine rings is 1. The normalized spacial score (nSPS) is 15.7. The zero-order valence-electron chi connectivity index (χ0n) is 18.0. The van der Waals surface area contributed by atoms with Gasteiger partial charge in [-0.05, 0) is 17.5 Å². The van der Waals surface area contributed by atoms with E-state index in [1.807, 2.05) is 30.5 Å². The lowest BCUT2D eigenvalue weighted by molar-refractivity contribution is 0.0931. The van der Waals surface area contributed by atoms with Crippen LogP contribution in [0.1, 0.15) is 18.1 Å². The zero-order valence-corrected chi connectivity index (χ0v) is 18.0. The molecule has 2 N–H and O–H groups in total. The molecule has 162 valence electrons. The van der Waals surface area contributed by atoms with E-state index in [2.05, 4.69) is 50.6 Å². The van der Waals surface area contributed by atoms with E-state index < -0.39 is 0 Å². The zero-order chi connectivity index (χ0) is 21.0. The van der Waals surface area contributed by atoms with Crippen LogP contribution in [0.3, 0.4) is 0 Å². The van der Waals surface area contributed by atoms with Gasteiger partial charge in [-0.25, -0.2) is 4.98 Å². The van der Waals surface area contributed by atoms with Crippen LogP contribution in [-0.4, -0.2) is 57.4 Å². The Morgan fingerprint density at radius 1 is 1.17 bits per heavy atom. The number of rotatable bonds is 9. The minimum Gasteiger partial charge on any atom is -0.378 e. The van der Waals surface area contributed by atoms with Crippen LogP contribution in [0, 0.1) is 5.92 Å². The van der Waals surface area contributed by atoms with Gasteiger partial charge in [0.25, 0.3) is 0 Å². The molecule has 1 fully saturated rings. The summed E-state index contributed by atoms with van der Waals surface area (Å²) in [4.78, 5) is 11.2. The van der Waals surface area contributed by atoms with Gasteiger partial charge in [0, 0.05) is 45.0 Å². The molecule has 2 heterocycles. The number of anilines is 1. The summed E-state index contributed by atoms with van der Waals surface area (Å²) >= 11 is 0. The lowest BCUT2D eigenvalue weighted by Gasteiger charge is -2.29. The van der Waals surface area contributed by atoms with Crippen LogP contribution in [0.5, 0.6) is 0 Å². The SMILES string of the molecule is CN=C(NCc1cccnc1N1CCOCC1)NCC(C)COCc1ccccc1. The molecule has 1 aliphatic heterocycles. The van der Waals surface area contributed by atoms with Crippen LogP contribution in [0.15, 0.2) is 53.7 Å². The fourth-order valence-electron chi connectivity index (χ4n) is 3.31. The van der Waals surface area contributed by atoms with Crippen molar-refractivity contribution >= 4 is 11.8 Å². The third-order valence-electron chi connectivity index (χ3n) is 4.98. The van der Waals surface area contributed by atoms with Crippen molar-refractivity contribution in [1.29, 1.82) is 0 Å². The smallest absolute Gasteiger partial charge is 0.191 e. The lowest BCUT2D eigenvalue weighted by atomic mass is 10.2. The first-order valence-electron chi connectivity index (χ1n) is 10.6. The van der Waals surface area contributed by atoms with Gasteiger partial charge in [-0.15, -0.1) is 0 Å². The average Bonchev–Trinajstić information content (AvgIpc) is 2.81. The molecule has 7 heteroatoms. The third kappa shape index (κ3) is 7.00. The molecule has 0 radical (unpaired) electrons. The van der Waals surface area contributed by atoms with Crippen molar-refractivity contribution in [3.63, 3.8) is 0 Å². The molecule has 1 aromatic carbocycles. The highest BCUT2D eigenvalue weighted by Crippen LogP contribution is 2.18. The van der Waals surface area contributed by atoms with Gasteiger partial charge in [-0.2, -0.15) is 0 Å². The molecule has 0 aliphatic carbocycles. The number of benzene rings is 1. The van der Waals surface area contributed by atoms with Crippen LogP contribution in [-0.2, 0) is 22.6 Å². The molecule has 1 aliphatic rings. The molecule has 2 aromatic rings. The van der Waals surface area contributed by atoms with E-state index in [9.17, 15) is 0 Å². The number of hydrogen-bond donors (Lipinski definition) is 2.